The molecule has 1 radical (unpaired) electrons. The maximum absolute atomic E-state index is 5.32. The third kappa shape index (κ3) is 1.65. The van der Waals surface area contributed by atoms with Gasteiger partial charge in [0.05, 0.1) is 6.26 Å². The topological polar surface area (TPSA) is 9.23 Å². The monoisotopic (exact) mass is 177 g/mol. The lowest BCUT2D eigenvalue weighted by Gasteiger charge is -2.37. The second kappa shape index (κ2) is 2.90. The van der Waals surface area contributed by atoms with E-state index in [1.807, 2.05) is 6.26 Å². The van der Waals surface area contributed by atoms with E-state index < -0.39 is 0 Å². The van der Waals surface area contributed by atoms with Crippen LogP contribution in [0.5, 0.6) is 0 Å². The molecule has 0 N–H and O–H groups in total. The Balaban J connectivity index is 2.31. The van der Waals surface area contributed by atoms with Gasteiger partial charge >= 0.3 is 0 Å². The smallest absolute Gasteiger partial charge is 0.109 e. The lowest BCUT2D eigenvalue weighted by Crippen LogP contribution is -2.27. The van der Waals surface area contributed by atoms with Crippen LogP contribution in [0, 0.1) is 17.8 Å². The first-order valence-corrected chi connectivity index (χ1v) is 4.96. The average Bonchev–Trinajstić information content (AvgIpc) is 2.02. The molecule has 2 aliphatic rings. The Kier molecular flexibility index (Phi) is 1.98. The van der Waals surface area contributed by atoms with Crippen molar-refractivity contribution in [3.05, 3.63) is 29.9 Å². The molecule has 1 nitrogen and oxygen atoms in total. The Morgan fingerprint density at radius 3 is 3.00 bits per heavy atom. The Morgan fingerprint density at radius 1 is 1.46 bits per heavy atom. The summed E-state index contributed by atoms with van der Waals surface area (Å²) in [5.41, 5.74) is 3.22. The largest absolute Gasteiger partial charge is 0.497 e. The Hall–Kier alpha value is -0.720. The first kappa shape index (κ1) is 8.86. The van der Waals surface area contributed by atoms with Crippen molar-refractivity contribution < 1.29 is 4.74 Å². The Bertz CT molecular complexity index is 271. The van der Waals surface area contributed by atoms with Crippen LogP contribution in [-0.4, -0.2) is 6.61 Å². The van der Waals surface area contributed by atoms with E-state index in [9.17, 15) is 0 Å². The molecule has 0 fully saturated rings. The summed E-state index contributed by atoms with van der Waals surface area (Å²) in [4.78, 5) is 0. The van der Waals surface area contributed by atoms with Crippen LogP contribution in [0.1, 0.15) is 27.2 Å². The predicted octanol–water partition coefficient (Wildman–Crippen LogP) is 3.10. The molecule has 0 saturated heterocycles. The second-order valence-corrected chi connectivity index (χ2v) is 4.83. The molecule has 1 aliphatic carbocycles. The second-order valence-electron chi connectivity index (χ2n) is 4.83. The molecule has 1 aliphatic heterocycles. The van der Waals surface area contributed by atoms with Crippen LogP contribution < -0.4 is 0 Å². The van der Waals surface area contributed by atoms with Crippen molar-refractivity contribution in [3.8, 4) is 0 Å². The van der Waals surface area contributed by atoms with E-state index in [2.05, 4.69) is 33.3 Å². The number of hydrogen-bond donors (Lipinski definition) is 0. The van der Waals surface area contributed by atoms with Gasteiger partial charge in [0.1, 0.15) is 6.61 Å². The van der Waals surface area contributed by atoms with Crippen LogP contribution >= 0.6 is 0 Å². The van der Waals surface area contributed by atoms with Gasteiger partial charge in [-0.25, -0.2) is 0 Å². The molecular formula is C12H17O. The van der Waals surface area contributed by atoms with Crippen molar-refractivity contribution in [1.29, 1.82) is 0 Å². The molecule has 0 bridgehead atoms. The summed E-state index contributed by atoms with van der Waals surface area (Å²) in [6.45, 7) is 7.69. The highest BCUT2D eigenvalue weighted by atomic mass is 16.5. The van der Waals surface area contributed by atoms with Gasteiger partial charge in [-0.3, -0.25) is 0 Å². The molecule has 0 aromatic carbocycles. The Morgan fingerprint density at radius 2 is 2.23 bits per heavy atom. The quantitative estimate of drug-likeness (QED) is 0.552. The predicted molar refractivity (Wildman–Crippen MR) is 54.0 cm³/mol. The van der Waals surface area contributed by atoms with E-state index in [0.717, 1.165) is 6.61 Å². The van der Waals surface area contributed by atoms with E-state index in [-0.39, 0.29) is 0 Å². The maximum Gasteiger partial charge on any atom is 0.109 e. The van der Waals surface area contributed by atoms with Gasteiger partial charge in [0.25, 0.3) is 0 Å². The molecule has 1 unspecified atom stereocenters. The first-order chi connectivity index (χ1) is 6.08. The van der Waals surface area contributed by atoms with Gasteiger partial charge in [0.15, 0.2) is 0 Å². The molecule has 1 atom stereocenters. The molecule has 13 heavy (non-hydrogen) atoms. The summed E-state index contributed by atoms with van der Waals surface area (Å²) in [6.07, 6.45) is 7.52. The lowest BCUT2D eigenvalue weighted by molar-refractivity contribution is 0.237. The minimum absolute atomic E-state index is 0.347. The van der Waals surface area contributed by atoms with Crippen LogP contribution in [0.25, 0.3) is 0 Å². The van der Waals surface area contributed by atoms with E-state index >= 15 is 0 Å². The fourth-order valence-electron chi connectivity index (χ4n) is 2.41. The van der Waals surface area contributed by atoms with Crippen LogP contribution in [0.15, 0.2) is 23.5 Å². The molecule has 0 spiro atoms. The zero-order chi connectivity index (χ0) is 9.47. The summed E-state index contributed by atoms with van der Waals surface area (Å²) in [5, 5.41) is 0. The van der Waals surface area contributed by atoms with Gasteiger partial charge in [0, 0.05) is 0 Å². The molecule has 2 rings (SSSR count). The van der Waals surface area contributed by atoms with E-state index in [1.165, 1.54) is 17.6 Å². The average molecular weight is 177 g/mol. The fourth-order valence-corrected chi connectivity index (χ4v) is 2.41. The van der Waals surface area contributed by atoms with Crippen molar-refractivity contribution in [2.75, 3.05) is 6.61 Å². The maximum atomic E-state index is 5.32. The van der Waals surface area contributed by atoms with Crippen LogP contribution in [-0.2, 0) is 4.74 Å². The SMILES string of the molecule is CC1CC(C)(C)[CH]C2=C1COC=C2. The molecule has 71 valence electrons. The highest BCUT2D eigenvalue weighted by molar-refractivity contribution is 5.40. The molecule has 0 amide bonds. The van der Waals surface area contributed by atoms with Gasteiger partial charge in [-0.05, 0) is 41.4 Å². The van der Waals surface area contributed by atoms with E-state index in [4.69, 9.17) is 4.74 Å². The highest BCUT2D eigenvalue weighted by Crippen LogP contribution is 2.42. The zero-order valence-corrected chi connectivity index (χ0v) is 8.63. The van der Waals surface area contributed by atoms with Crippen LogP contribution in [0.4, 0.5) is 0 Å². The zero-order valence-electron chi connectivity index (χ0n) is 8.63. The third-order valence-electron chi connectivity index (χ3n) is 2.93. The summed E-state index contributed by atoms with van der Waals surface area (Å²) < 4.78 is 5.32. The molecule has 0 aromatic rings. The molecule has 0 saturated carbocycles. The van der Waals surface area contributed by atoms with Gasteiger partial charge in [-0.2, -0.15) is 0 Å². The Labute approximate surface area is 80.5 Å². The number of allylic oxidation sites excluding steroid dienone is 2. The summed E-state index contributed by atoms with van der Waals surface area (Å²) >= 11 is 0. The third-order valence-corrected chi connectivity index (χ3v) is 2.93. The van der Waals surface area contributed by atoms with Crippen molar-refractivity contribution in [2.45, 2.75) is 27.2 Å². The lowest BCUT2D eigenvalue weighted by atomic mass is 9.69. The highest BCUT2D eigenvalue weighted by Gasteiger charge is 2.31. The molecule has 0 aromatic heterocycles. The minimum Gasteiger partial charge on any atom is -0.497 e. The summed E-state index contributed by atoms with van der Waals surface area (Å²) in [6, 6.07) is 0. The minimum atomic E-state index is 0.347. The van der Waals surface area contributed by atoms with Crippen LogP contribution in [0.2, 0.25) is 0 Å². The van der Waals surface area contributed by atoms with Crippen molar-refractivity contribution >= 4 is 0 Å². The fraction of sp³-hybridized carbons (Fsp3) is 0.583. The van der Waals surface area contributed by atoms with Crippen molar-refractivity contribution in [3.63, 3.8) is 0 Å². The van der Waals surface area contributed by atoms with Crippen molar-refractivity contribution in [1.82, 2.24) is 0 Å². The van der Waals surface area contributed by atoms with Crippen molar-refractivity contribution in [2.24, 2.45) is 11.3 Å². The number of ether oxygens (including phenoxy) is 1. The van der Waals surface area contributed by atoms with Gasteiger partial charge in [0.2, 0.25) is 0 Å². The van der Waals surface area contributed by atoms with Gasteiger partial charge in [-0.15, -0.1) is 0 Å². The van der Waals surface area contributed by atoms with Crippen LogP contribution in [0.3, 0.4) is 0 Å². The number of hydrogen-bond acceptors (Lipinski definition) is 1. The summed E-state index contributed by atoms with van der Waals surface area (Å²) in [5.74, 6) is 0.667. The van der Waals surface area contributed by atoms with E-state index in [0.29, 0.717) is 11.3 Å². The normalized spacial score (nSPS) is 31.2. The van der Waals surface area contributed by atoms with E-state index in [1.54, 1.807) is 0 Å². The van der Waals surface area contributed by atoms with Gasteiger partial charge < -0.3 is 4.74 Å². The molecular weight excluding hydrogens is 160 g/mol. The number of rotatable bonds is 0. The summed E-state index contributed by atoms with van der Waals surface area (Å²) in [7, 11) is 0. The first-order valence-electron chi connectivity index (χ1n) is 4.96. The van der Waals surface area contributed by atoms with Gasteiger partial charge in [-0.1, -0.05) is 20.8 Å². The molecule has 1 heteroatoms. The molecule has 1 heterocycles. The standard InChI is InChI=1S/C12H17O/c1-9-6-12(2,3)7-10-4-5-13-8-11(9)10/h4-5,7,9H,6,8H2,1-3H3.